The summed E-state index contributed by atoms with van der Waals surface area (Å²) in [6, 6.07) is 18.6. The summed E-state index contributed by atoms with van der Waals surface area (Å²) in [6.45, 7) is 4.86. The normalized spacial score (nSPS) is 15.5. The number of rotatable bonds is 4. The Morgan fingerprint density at radius 2 is 1.48 bits per heavy atom. The summed E-state index contributed by atoms with van der Waals surface area (Å²) in [6.07, 6.45) is 0. The third kappa shape index (κ3) is 3.42. The zero-order valence-corrected chi connectivity index (χ0v) is 14.4. The Balaban J connectivity index is 1.49. The van der Waals surface area contributed by atoms with Gasteiger partial charge in [-0.2, -0.15) is 0 Å². The number of ether oxygens (including phenoxy) is 1. The van der Waals surface area contributed by atoms with Crippen LogP contribution in [0.4, 0.5) is 5.82 Å². The maximum absolute atomic E-state index is 5.50. The summed E-state index contributed by atoms with van der Waals surface area (Å²) in [5.41, 5.74) is 3.13. The molecule has 5 nitrogen and oxygen atoms in total. The van der Waals surface area contributed by atoms with Gasteiger partial charge in [-0.25, -0.2) is 9.97 Å². The standard InChI is InChI=1S/C20H22N4O/c1-25-20-19(21-17-9-5-6-10-18(17)22-20)24-13-11-23(12-14-24)15-16-7-3-2-4-8-16/h2-10H,11-15H2,1H3. The molecule has 1 fully saturated rings. The topological polar surface area (TPSA) is 41.5 Å². The predicted molar refractivity (Wildman–Crippen MR) is 100 cm³/mol. The van der Waals surface area contributed by atoms with Gasteiger partial charge in [0.25, 0.3) is 5.88 Å². The summed E-state index contributed by atoms with van der Waals surface area (Å²) >= 11 is 0. The van der Waals surface area contributed by atoms with E-state index in [9.17, 15) is 0 Å². The first-order valence-corrected chi connectivity index (χ1v) is 8.65. The van der Waals surface area contributed by atoms with Crippen LogP contribution in [0, 0.1) is 0 Å². The van der Waals surface area contributed by atoms with Crippen molar-refractivity contribution in [2.24, 2.45) is 0 Å². The number of hydrogen-bond donors (Lipinski definition) is 0. The van der Waals surface area contributed by atoms with Crippen LogP contribution in [-0.4, -0.2) is 48.2 Å². The summed E-state index contributed by atoms with van der Waals surface area (Å²) in [5.74, 6) is 1.45. The highest BCUT2D eigenvalue weighted by atomic mass is 16.5. The molecule has 1 saturated heterocycles. The molecule has 2 aromatic carbocycles. The predicted octanol–water partition coefficient (Wildman–Crippen LogP) is 2.96. The van der Waals surface area contributed by atoms with E-state index in [1.165, 1.54) is 5.56 Å². The van der Waals surface area contributed by atoms with E-state index in [1.807, 2.05) is 24.3 Å². The molecule has 0 aliphatic carbocycles. The first-order valence-electron chi connectivity index (χ1n) is 8.65. The largest absolute Gasteiger partial charge is 0.478 e. The van der Waals surface area contributed by atoms with Crippen LogP contribution >= 0.6 is 0 Å². The Morgan fingerprint density at radius 3 is 2.16 bits per heavy atom. The molecule has 1 aliphatic rings. The summed E-state index contributed by atoms with van der Waals surface area (Å²) in [7, 11) is 1.66. The Hall–Kier alpha value is -2.66. The molecule has 25 heavy (non-hydrogen) atoms. The molecule has 0 unspecified atom stereocenters. The minimum absolute atomic E-state index is 0.607. The van der Waals surface area contributed by atoms with Gasteiger partial charge < -0.3 is 9.64 Å². The van der Waals surface area contributed by atoms with Gasteiger partial charge in [0.2, 0.25) is 0 Å². The van der Waals surface area contributed by atoms with Gasteiger partial charge in [0, 0.05) is 32.7 Å². The van der Waals surface area contributed by atoms with E-state index < -0.39 is 0 Å². The van der Waals surface area contributed by atoms with E-state index in [2.05, 4.69) is 45.1 Å². The van der Waals surface area contributed by atoms with Gasteiger partial charge in [0.15, 0.2) is 5.82 Å². The molecule has 0 N–H and O–H groups in total. The van der Waals surface area contributed by atoms with E-state index in [0.29, 0.717) is 5.88 Å². The van der Waals surface area contributed by atoms with E-state index in [0.717, 1.165) is 49.6 Å². The molecule has 0 saturated carbocycles. The summed E-state index contributed by atoms with van der Waals surface area (Å²) in [4.78, 5) is 14.2. The fourth-order valence-electron chi connectivity index (χ4n) is 3.28. The van der Waals surface area contributed by atoms with Crippen molar-refractivity contribution in [3.63, 3.8) is 0 Å². The number of para-hydroxylation sites is 2. The molecule has 0 bridgehead atoms. The third-order valence-corrected chi connectivity index (χ3v) is 4.64. The molecule has 1 aliphatic heterocycles. The van der Waals surface area contributed by atoms with Gasteiger partial charge in [-0.15, -0.1) is 0 Å². The summed E-state index contributed by atoms with van der Waals surface area (Å²) in [5, 5.41) is 0. The number of anilines is 1. The van der Waals surface area contributed by atoms with Gasteiger partial charge in [-0.05, 0) is 17.7 Å². The third-order valence-electron chi connectivity index (χ3n) is 4.64. The molecule has 5 heteroatoms. The molecule has 4 rings (SSSR count). The average molecular weight is 334 g/mol. The van der Waals surface area contributed by atoms with Crippen LogP contribution in [0.1, 0.15) is 5.56 Å². The van der Waals surface area contributed by atoms with Crippen LogP contribution in [-0.2, 0) is 6.54 Å². The second kappa shape index (κ2) is 7.07. The van der Waals surface area contributed by atoms with Crippen molar-refractivity contribution in [2.45, 2.75) is 6.54 Å². The number of aromatic nitrogens is 2. The number of fused-ring (bicyclic) bond motifs is 1. The van der Waals surface area contributed by atoms with Crippen LogP contribution in [0.25, 0.3) is 11.0 Å². The zero-order chi connectivity index (χ0) is 17.1. The maximum Gasteiger partial charge on any atom is 0.257 e. The van der Waals surface area contributed by atoms with E-state index in [1.54, 1.807) is 7.11 Å². The molecule has 0 spiro atoms. The minimum atomic E-state index is 0.607. The minimum Gasteiger partial charge on any atom is -0.478 e. The second-order valence-corrected chi connectivity index (χ2v) is 6.29. The van der Waals surface area contributed by atoms with Gasteiger partial charge in [-0.3, -0.25) is 4.90 Å². The lowest BCUT2D eigenvalue weighted by Crippen LogP contribution is -2.46. The van der Waals surface area contributed by atoms with Crippen molar-refractivity contribution < 1.29 is 4.74 Å². The molecule has 0 amide bonds. The molecular weight excluding hydrogens is 312 g/mol. The SMILES string of the molecule is COc1nc2ccccc2nc1N1CCN(Cc2ccccc2)CC1. The van der Waals surface area contributed by atoms with Gasteiger partial charge in [-0.1, -0.05) is 42.5 Å². The highest BCUT2D eigenvalue weighted by Gasteiger charge is 2.22. The first-order chi connectivity index (χ1) is 12.3. The fraction of sp³-hybridized carbons (Fsp3) is 0.300. The monoisotopic (exact) mass is 334 g/mol. The Morgan fingerprint density at radius 1 is 0.840 bits per heavy atom. The lowest BCUT2D eigenvalue weighted by molar-refractivity contribution is 0.248. The molecule has 0 atom stereocenters. The summed E-state index contributed by atoms with van der Waals surface area (Å²) < 4.78 is 5.50. The van der Waals surface area contributed by atoms with E-state index in [-0.39, 0.29) is 0 Å². The van der Waals surface area contributed by atoms with Crippen LogP contribution in [0.15, 0.2) is 54.6 Å². The number of piperazine rings is 1. The lowest BCUT2D eigenvalue weighted by Gasteiger charge is -2.35. The molecule has 1 aromatic heterocycles. The molecule has 128 valence electrons. The van der Waals surface area contributed by atoms with Crippen LogP contribution in [0.2, 0.25) is 0 Å². The van der Waals surface area contributed by atoms with Gasteiger partial charge in [0.1, 0.15) is 0 Å². The smallest absolute Gasteiger partial charge is 0.257 e. The lowest BCUT2D eigenvalue weighted by atomic mass is 10.2. The van der Waals surface area contributed by atoms with Crippen molar-refractivity contribution in [3.05, 3.63) is 60.2 Å². The number of hydrogen-bond acceptors (Lipinski definition) is 5. The quantitative estimate of drug-likeness (QED) is 0.734. The van der Waals surface area contributed by atoms with E-state index in [4.69, 9.17) is 9.72 Å². The highest BCUT2D eigenvalue weighted by Crippen LogP contribution is 2.27. The zero-order valence-electron chi connectivity index (χ0n) is 14.4. The van der Waals surface area contributed by atoms with Gasteiger partial charge in [0.05, 0.1) is 18.1 Å². The van der Waals surface area contributed by atoms with Crippen LogP contribution in [0.5, 0.6) is 5.88 Å². The van der Waals surface area contributed by atoms with Gasteiger partial charge >= 0.3 is 0 Å². The Bertz CT molecular complexity index is 845. The molecular formula is C20H22N4O. The fourth-order valence-corrected chi connectivity index (χ4v) is 3.28. The van der Waals surface area contributed by atoms with Crippen molar-refractivity contribution >= 4 is 16.9 Å². The second-order valence-electron chi connectivity index (χ2n) is 6.29. The van der Waals surface area contributed by atoms with Crippen LogP contribution < -0.4 is 9.64 Å². The van der Waals surface area contributed by atoms with Crippen molar-refractivity contribution in [1.29, 1.82) is 0 Å². The first kappa shape index (κ1) is 15.8. The number of nitrogens with zero attached hydrogens (tertiary/aromatic N) is 4. The van der Waals surface area contributed by atoms with Crippen molar-refractivity contribution in [3.8, 4) is 5.88 Å². The maximum atomic E-state index is 5.50. The number of benzene rings is 2. The molecule has 0 radical (unpaired) electrons. The van der Waals surface area contributed by atoms with Crippen LogP contribution in [0.3, 0.4) is 0 Å². The van der Waals surface area contributed by atoms with E-state index >= 15 is 0 Å². The van der Waals surface area contributed by atoms with Crippen molar-refractivity contribution in [2.75, 3.05) is 38.2 Å². The Labute approximate surface area is 147 Å². The molecule has 3 aromatic rings. The molecule has 2 heterocycles. The highest BCUT2D eigenvalue weighted by molar-refractivity contribution is 5.77. The Kier molecular flexibility index (Phi) is 4.48. The van der Waals surface area contributed by atoms with Crippen molar-refractivity contribution in [1.82, 2.24) is 14.9 Å². The average Bonchev–Trinajstić information content (AvgIpc) is 2.68. The number of methoxy groups -OCH3 is 1.